The third-order valence-electron chi connectivity index (χ3n) is 4.42. The van der Waals surface area contributed by atoms with Crippen molar-refractivity contribution in [3.05, 3.63) is 35.7 Å². The number of pyridine rings is 2. The second-order valence-corrected chi connectivity index (χ2v) is 11.2. The maximum absolute atomic E-state index is 13.4. The molecule has 3 aromatic heterocycles. The van der Waals surface area contributed by atoms with Crippen molar-refractivity contribution in [1.82, 2.24) is 19.5 Å². The molecule has 33 heavy (non-hydrogen) atoms. The van der Waals surface area contributed by atoms with Gasteiger partial charge in [0.1, 0.15) is 11.2 Å². The molecule has 0 saturated heterocycles. The number of halogens is 6. The Kier molecular flexibility index (Phi) is 5.98. The number of sulfonamides is 1. The lowest BCUT2D eigenvalue weighted by atomic mass is 10.2. The van der Waals surface area contributed by atoms with Crippen molar-refractivity contribution in [1.29, 1.82) is 0 Å². The van der Waals surface area contributed by atoms with E-state index in [-0.39, 0.29) is 17.0 Å². The SMILES string of the molecule is CCS(=O)(=NS(C)(=O)=O)c1cc(C(F)(F)F)cnc1-c1nc2cc(C(F)(F)F)cnc2n1C. The molecular formula is C17H15F6N5O3S2. The second kappa shape index (κ2) is 7.93. The number of hydrogen-bond donors (Lipinski definition) is 0. The lowest BCUT2D eigenvalue weighted by Crippen LogP contribution is -2.14. The largest absolute Gasteiger partial charge is 0.417 e. The molecule has 0 aromatic carbocycles. The van der Waals surface area contributed by atoms with E-state index in [1.807, 2.05) is 0 Å². The van der Waals surface area contributed by atoms with Crippen LogP contribution in [0.3, 0.4) is 0 Å². The van der Waals surface area contributed by atoms with Crippen molar-refractivity contribution in [2.24, 2.45) is 10.8 Å². The maximum Gasteiger partial charge on any atom is 0.417 e. The molecule has 0 bridgehead atoms. The Morgan fingerprint density at radius 2 is 1.52 bits per heavy atom. The highest BCUT2D eigenvalue weighted by Gasteiger charge is 2.35. The number of aryl methyl sites for hydroxylation is 1. The molecule has 8 nitrogen and oxygen atoms in total. The van der Waals surface area contributed by atoms with Crippen LogP contribution in [0.2, 0.25) is 0 Å². The molecule has 1 unspecified atom stereocenters. The molecule has 0 saturated carbocycles. The summed E-state index contributed by atoms with van der Waals surface area (Å²) < 4.78 is 120. The fraction of sp³-hybridized carbons (Fsp3) is 0.353. The summed E-state index contributed by atoms with van der Waals surface area (Å²) in [5, 5.41) is 0. The first-order valence-electron chi connectivity index (χ1n) is 8.89. The molecule has 3 rings (SSSR count). The van der Waals surface area contributed by atoms with Crippen molar-refractivity contribution in [3.63, 3.8) is 0 Å². The fourth-order valence-corrected chi connectivity index (χ4v) is 6.48. The van der Waals surface area contributed by atoms with Gasteiger partial charge in [0.05, 0.1) is 32.0 Å². The van der Waals surface area contributed by atoms with Crippen LogP contribution < -0.4 is 0 Å². The van der Waals surface area contributed by atoms with Crippen molar-refractivity contribution in [2.45, 2.75) is 24.2 Å². The van der Waals surface area contributed by atoms with E-state index < -0.39 is 59.6 Å². The van der Waals surface area contributed by atoms with Crippen LogP contribution in [0.25, 0.3) is 22.7 Å². The van der Waals surface area contributed by atoms with Crippen molar-refractivity contribution < 1.29 is 39.0 Å². The summed E-state index contributed by atoms with van der Waals surface area (Å²) in [5.41, 5.74) is -3.17. The third kappa shape index (κ3) is 4.95. The zero-order valence-electron chi connectivity index (χ0n) is 17.1. The Hall–Kier alpha value is -2.75. The smallest absolute Gasteiger partial charge is 0.310 e. The van der Waals surface area contributed by atoms with Gasteiger partial charge >= 0.3 is 12.4 Å². The van der Waals surface area contributed by atoms with Gasteiger partial charge in [0, 0.05) is 25.2 Å². The van der Waals surface area contributed by atoms with Crippen LogP contribution in [0, 0.1) is 0 Å². The summed E-state index contributed by atoms with van der Waals surface area (Å²) >= 11 is 0. The van der Waals surface area contributed by atoms with E-state index in [9.17, 15) is 39.0 Å². The minimum absolute atomic E-state index is 0.0614. The van der Waals surface area contributed by atoms with Gasteiger partial charge in [-0.3, -0.25) is 4.98 Å². The predicted molar refractivity (Wildman–Crippen MR) is 106 cm³/mol. The third-order valence-corrected chi connectivity index (χ3v) is 8.25. The standard InChI is InChI=1S/C17H15F6N5O3S2/c1-4-33(31,27-32(3,29)30)12-6-10(17(21,22)23)7-24-13(12)15-26-11-5-9(16(18,19)20)8-25-14(11)28(15)2/h5-8H,4H2,1-3H3. The predicted octanol–water partition coefficient (Wildman–Crippen LogP) is 3.87. The molecule has 3 aromatic rings. The Morgan fingerprint density at radius 3 is 2.03 bits per heavy atom. The molecule has 0 aliphatic heterocycles. The van der Waals surface area contributed by atoms with Crippen LogP contribution in [0.15, 0.2) is 33.2 Å². The number of hydrogen-bond acceptors (Lipinski definition) is 6. The van der Waals surface area contributed by atoms with Crippen LogP contribution in [-0.4, -0.2) is 44.2 Å². The van der Waals surface area contributed by atoms with Crippen LogP contribution in [-0.2, 0) is 39.2 Å². The summed E-state index contributed by atoms with van der Waals surface area (Å²) in [5.74, 6) is -0.762. The average Bonchev–Trinajstić information content (AvgIpc) is 3.00. The normalized spacial score (nSPS) is 14.9. The Labute approximate surface area is 183 Å². The second-order valence-electron chi connectivity index (χ2n) is 6.86. The summed E-state index contributed by atoms with van der Waals surface area (Å²) in [6, 6.07) is 1.14. The van der Waals surface area contributed by atoms with Crippen molar-refractivity contribution in [3.8, 4) is 11.5 Å². The number of rotatable bonds is 4. The lowest BCUT2D eigenvalue weighted by molar-refractivity contribution is -0.138. The van der Waals surface area contributed by atoms with Gasteiger partial charge in [-0.2, -0.15) is 26.3 Å². The highest BCUT2D eigenvalue weighted by Crippen LogP contribution is 2.36. The lowest BCUT2D eigenvalue weighted by Gasteiger charge is -2.15. The number of imidazole rings is 1. The first kappa shape index (κ1) is 24.9. The molecule has 0 spiro atoms. The van der Waals surface area contributed by atoms with Gasteiger partial charge in [-0.05, 0) is 12.1 Å². The van der Waals surface area contributed by atoms with Crippen molar-refractivity contribution in [2.75, 3.05) is 12.0 Å². The number of aromatic nitrogens is 4. The van der Waals surface area contributed by atoms with Gasteiger partial charge in [-0.1, -0.05) is 6.92 Å². The van der Waals surface area contributed by atoms with Gasteiger partial charge in [-0.15, -0.1) is 3.77 Å². The molecule has 0 aliphatic rings. The van der Waals surface area contributed by atoms with Crippen LogP contribution in [0.1, 0.15) is 18.1 Å². The number of alkyl halides is 6. The van der Waals surface area contributed by atoms with Crippen LogP contribution in [0.5, 0.6) is 0 Å². The van der Waals surface area contributed by atoms with Gasteiger partial charge < -0.3 is 4.57 Å². The average molecular weight is 515 g/mol. The highest BCUT2D eigenvalue weighted by atomic mass is 32.3. The minimum Gasteiger partial charge on any atom is -0.310 e. The van der Waals surface area contributed by atoms with Crippen LogP contribution in [0.4, 0.5) is 26.3 Å². The quantitative estimate of drug-likeness (QED) is 0.489. The number of nitrogens with zero attached hydrogens (tertiary/aromatic N) is 5. The molecule has 0 N–H and O–H groups in total. The molecule has 1 atom stereocenters. The van der Waals surface area contributed by atoms with Gasteiger partial charge in [-0.25, -0.2) is 22.6 Å². The van der Waals surface area contributed by atoms with E-state index in [0.29, 0.717) is 30.8 Å². The first-order valence-corrected chi connectivity index (χ1v) is 12.4. The molecule has 16 heteroatoms. The van der Waals surface area contributed by atoms with E-state index in [1.54, 1.807) is 0 Å². The molecular weight excluding hydrogens is 500 g/mol. The van der Waals surface area contributed by atoms with E-state index in [2.05, 4.69) is 18.7 Å². The minimum atomic E-state index is -4.91. The zero-order valence-corrected chi connectivity index (χ0v) is 18.7. The van der Waals surface area contributed by atoms with Crippen LogP contribution >= 0.6 is 0 Å². The van der Waals surface area contributed by atoms with E-state index in [0.717, 1.165) is 4.57 Å². The van der Waals surface area contributed by atoms with Crippen molar-refractivity contribution >= 4 is 30.9 Å². The topological polar surface area (TPSA) is 107 Å². The van der Waals surface area contributed by atoms with E-state index >= 15 is 0 Å². The molecule has 3 heterocycles. The molecule has 0 aliphatic carbocycles. The Balaban J connectivity index is 2.41. The summed E-state index contributed by atoms with van der Waals surface area (Å²) in [6.45, 7) is 1.26. The molecule has 180 valence electrons. The summed E-state index contributed by atoms with van der Waals surface area (Å²) in [6.07, 6.45) is -8.02. The van der Waals surface area contributed by atoms with Gasteiger partial charge in [0.15, 0.2) is 11.5 Å². The fourth-order valence-electron chi connectivity index (χ4n) is 2.92. The Morgan fingerprint density at radius 1 is 0.970 bits per heavy atom. The maximum atomic E-state index is 13.4. The van der Waals surface area contributed by atoms with E-state index in [4.69, 9.17) is 0 Å². The molecule has 0 amide bonds. The van der Waals surface area contributed by atoms with Gasteiger partial charge in [0.2, 0.25) is 0 Å². The summed E-state index contributed by atoms with van der Waals surface area (Å²) in [7, 11) is -6.94. The summed E-state index contributed by atoms with van der Waals surface area (Å²) in [4.78, 5) is 10.7. The number of fused-ring (bicyclic) bond motifs is 1. The monoisotopic (exact) mass is 515 g/mol. The highest BCUT2D eigenvalue weighted by molar-refractivity contribution is 8.03. The zero-order chi connectivity index (χ0) is 25.0. The van der Waals surface area contributed by atoms with E-state index in [1.165, 1.54) is 14.0 Å². The molecule has 0 radical (unpaired) electrons. The molecule has 0 fully saturated rings. The first-order chi connectivity index (χ1) is 15.0. The Bertz CT molecular complexity index is 1470. The van der Waals surface area contributed by atoms with Gasteiger partial charge in [0.25, 0.3) is 10.0 Å².